The van der Waals surface area contributed by atoms with Crippen molar-refractivity contribution in [3.05, 3.63) is 27.6 Å². The van der Waals surface area contributed by atoms with Crippen LogP contribution in [-0.4, -0.2) is 34.5 Å². The number of carbonyl (C=O) groups excluding carboxylic acids is 1. The van der Waals surface area contributed by atoms with E-state index in [4.69, 9.17) is 11.6 Å². The molecule has 1 aliphatic rings. The molecule has 0 spiro atoms. The minimum Gasteiger partial charge on any atom is -0.348 e. The number of thiazole rings is 1. The molecule has 3 heterocycles. The highest BCUT2D eigenvalue weighted by Crippen LogP contribution is 2.31. The van der Waals surface area contributed by atoms with Crippen molar-refractivity contribution in [1.82, 2.24) is 15.0 Å². The Morgan fingerprint density at radius 2 is 2.24 bits per heavy atom. The fraction of sp³-hybridized carbons (Fsp3) is 0.385. The number of rotatable bonds is 2. The smallest absolute Gasteiger partial charge is 0.228 e. The number of nitrogens with zero attached hydrogens (tertiary/aromatic N) is 5. The normalized spacial score (nSPS) is 15.1. The number of carbonyl (C=O) groups is 1. The van der Waals surface area contributed by atoms with E-state index in [2.05, 4.69) is 15.0 Å². The standard InChI is InChI=1S/C13H14ClN5OS/c1-8-16-9(7-21-8)6-19-4-3-11(20)18(2)10-5-15-13(14)17-12(10)19/h5,7H,3-4,6H2,1-2H3. The van der Waals surface area contributed by atoms with E-state index in [0.29, 0.717) is 31.0 Å². The molecule has 1 aliphatic heterocycles. The first-order valence-electron chi connectivity index (χ1n) is 6.49. The second kappa shape index (κ2) is 5.57. The molecule has 2 aromatic rings. The zero-order valence-corrected chi connectivity index (χ0v) is 13.3. The monoisotopic (exact) mass is 323 g/mol. The van der Waals surface area contributed by atoms with Gasteiger partial charge in [0.15, 0.2) is 5.82 Å². The number of hydrogen-bond donors (Lipinski definition) is 0. The van der Waals surface area contributed by atoms with Gasteiger partial charge in [0.2, 0.25) is 11.2 Å². The fourth-order valence-corrected chi connectivity index (χ4v) is 3.02. The summed E-state index contributed by atoms with van der Waals surface area (Å²) in [6.45, 7) is 3.16. The van der Waals surface area contributed by atoms with E-state index in [-0.39, 0.29) is 11.2 Å². The molecule has 0 fully saturated rings. The van der Waals surface area contributed by atoms with E-state index in [1.165, 1.54) is 0 Å². The zero-order chi connectivity index (χ0) is 15.0. The predicted molar refractivity (Wildman–Crippen MR) is 83.0 cm³/mol. The number of fused-ring (bicyclic) bond motifs is 1. The number of halogens is 1. The minimum atomic E-state index is 0.0409. The summed E-state index contributed by atoms with van der Waals surface area (Å²) in [5, 5.41) is 3.22. The summed E-state index contributed by atoms with van der Waals surface area (Å²) in [7, 11) is 1.73. The van der Waals surface area contributed by atoms with Gasteiger partial charge in [0.25, 0.3) is 0 Å². The van der Waals surface area contributed by atoms with E-state index >= 15 is 0 Å². The molecule has 0 saturated carbocycles. The summed E-state index contributed by atoms with van der Waals surface area (Å²) < 4.78 is 0. The Morgan fingerprint density at radius 3 is 2.95 bits per heavy atom. The molecule has 0 aromatic carbocycles. The lowest BCUT2D eigenvalue weighted by atomic mass is 10.3. The molecule has 110 valence electrons. The lowest BCUT2D eigenvalue weighted by molar-refractivity contribution is -0.118. The van der Waals surface area contributed by atoms with Gasteiger partial charge >= 0.3 is 0 Å². The van der Waals surface area contributed by atoms with E-state index in [9.17, 15) is 4.79 Å². The summed E-state index contributed by atoms with van der Waals surface area (Å²) in [6.07, 6.45) is 2.01. The lowest BCUT2D eigenvalue weighted by Crippen LogP contribution is -2.26. The third-order valence-electron chi connectivity index (χ3n) is 3.37. The predicted octanol–water partition coefficient (Wildman–Crippen LogP) is 2.27. The zero-order valence-electron chi connectivity index (χ0n) is 11.7. The van der Waals surface area contributed by atoms with Gasteiger partial charge < -0.3 is 9.80 Å². The second-order valence-electron chi connectivity index (χ2n) is 4.83. The van der Waals surface area contributed by atoms with Crippen molar-refractivity contribution < 1.29 is 4.79 Å². The van der Waals surface area contributed by atoms with Gasteiger partial charge in [0.05, 0.1) is 23.4 Å². The topological polar surface area (TPSA) is 62.2 Å². The van der Waals surface area contributed by atoms with Crippen molar-refractivity contribution in [2.24, 2.45) is 0 Å². The quantitative estimate of drug-likeness (QED) is 0.793. The van der Waals surface area contributed by atoms with Crippen molar-refractivity contribution in [2.45, 2.75) is 19.9 Å². The van der Waals surface area contributed by atoms with Gasteiger partial charge in [-0.2, -0.15) is 4.98 Å². The lowest BCUT2D eigenvalue weighted by Gasteiger charge is -2.22. The summed E-state index contributed by atoms with van der Waals surface area (Å²) in [6, 6.07) is 0. The minimum absolute atomic E-state index is 0.0409. The Balaban J connectivity index is 1.99. The van der Waals surface area contributed by atoms with Crippen LogP contribution in [0.1, 0.15) is 17.1 Å². The Hall–Kier alpha value is -1.73. The summed E-state index contributed by atoms with van der Waals surface area (Å²) in [5.74, 6) is 0.716. The molecule has 0 atom stereocenters. The van der Waals surface area contributed by atoms with Crippen molar-refractivity contribution in [1.29, 1.82) is 0 Å². The van der Waals surface area contributed by atoms with Crippen LogP contribution in [0, 0.1) is 6.92 Å². The second-order valence-corrected chi connectivity index (χ2v) is 6.23. The molecule has 8 heteroatoms. The highest BCUT2D eigenvalue weighted by Gasteiger charge is 2.26. The maximum absolute atomic E-state index is 12.1. The van der Waals surface area contributed by atoms with Gasteiger partial charge in [-0.25, -0.2) is 9.97 Å². The molecule has 3 rings (SSSR count). The number of anilines is 2. The summed E-state index contributed by atoms with van der Waals surface area (Å²) >= 11 is 7.53. The van der Waals surface area contributed by atoms with Crippen molar-refractivity contribution in [3.8, 4) is 0 Å². The molecule has 6 nitrogen and oxygen atoms in total. The summed E-state index contributed by atoms with van der Waals surface area (Å²) in [4.78, 5) is 28.4. The molecule has 0 bridgehead atoms. The van der Waals surface area contributed by atoms with Crippen LogP contribution in [0.3, 0.4) is 0 Å². The first-order valence-corrected chi connectivity index (χ1v) is 7.75. The van der Waals surface area contributed by atoms with Crippen LogP contribution in [0.25, 0.3) is 0 Å². The molecule has 0 saturated heterocycles. The highest BCUT2D eigenvalue weighted by atomic mass is 35.5. The van der Waals surface area contributed by atoms with E-state index in [0.717, 1.165) is 10.7 Å². The van der Waals surface area contributed by atoms with Crippen molar-refractivity contribution in [2.75, 3.05) is 23.4 Å². The first kappa shape index (κ1) is 14.2. The number of hydrogen-bond acceptors (Lipinski definition) is 6. The molecular weight excluding hydrogens is 310 g/mol. The number of aromatic nitrogens is 3. The van der Waals surface area contributed by atoms with Crippen molar-refractivity contribution >= 4 is 40.4 Å². The molecule has 2 aromatic heterocycles. The van der Waals surface area contributed by atoms with E-state index in [1.807, 2.05) is 17.2 Å². The average Bonchev–Trinajstić information content (AvgIpc) is 2.83. The summed E-state index contributed by atoms with van der Waals surface area (Å²) in [5.41, 5.74) is 1.64. The SMILES string of the molecule is Cc1nc(CN2CCC(=O)N(C)c3cnc(Cl)nc32)cs1. The van der Waals surface area contributed by atoms with Crippen molar-refractivity contribution in [3.63, 3.8) is 0 Å². The highest BCUT2D eigenvalue weighted by molar-refractivity contribution is 7.09. The van der Waals surface area contributed by atoms with E-state index < -0.39 is 0 Å². The third kappa shape index (κ3) is 2.84. The molecule has 0 unspecified atom stereocenters. The Kier molecular flexibility index (Phi) is 3.77. The Morgan fingerprint density at radius 1 is 1.43 bits per heavy atom. The van der Waals surface area contributed by atoms with Crippen LogP contribution in [-0.2, 0) is 11.3 Å². The van der Waals surface area contributed by atoms with Crippen LogP contribution in [0.15, 0.2) is 11.6 Å². The Labute approximate surface area is 131 Å². The van der Waals surface area contributed by atoms with Crippen LogP contribution >= 0.6 is 22.9 Å². The molecule has 1 amide bonds. The van der Waals surface area contributed by atoms with Gasteiger partial charge in [0, 0.05) is 25.4 Å². The van der Waals surface area contributed by atoms with Gasteiger partial charge in [-0.15, -0.1) is 11.3 Å². The molecule has 21 heavy (non-hydrogen) atoms. The fourth-order valence-electron chi connectivity index (χ4n) is 2.28. The molecule has 0 aliphatic carbocycles. The van der Waals surface area contributed by atoms with E-state index in [1.54, 1.807) is 29.5 Å². The maximum atomic E-state index is 12.1. The van der Waals surface area contributed by atoms with Crippen LogP contribution in [0.4, 0.5) is 11.5 Å². The van der Waals surface area contributed by atoms with Crippen LogP contribution in [0.5, 0.6) is 0 Å². The number of aryl methyl sites for hydroxylation is 1. The van der Waals surface area contributed by atoms with Gasteiger partial charge in [-0.05, 0) is 18.5 Å². The van der Waals surface area contributed by atoms with Gasteiger partial charge in [0.1, 0.15) is 5.69 Å². The van der Waals surface area contributed by atoms with Crippen LogP contribution in [0.2, 0.25) is 5.28 Å². The molecule has 0 N–H and O–H groups in total. The average molecular weight is 324 g/mol. The largest absolute Gasteiger partial charge is 0.348 e. The van der Waals surface area contributed by atoms with Gasteiger partial charge in [-0.1, -0.05) is 0 Å². The maximum Gasteiger partial charge on any atom is 0.228 e. The first-order chi connectivity index (χ1) is 10.0. The third-order valence-corrected chi connectivity index (χ3v) is 4.38. The number of amides is 1. The Bertz CT molecular complexity index is 689. The van der Waals surface area contributed by atoms with Gasteiger partial charge in [-0.3, -0.25) is 4.79 Å². The van der Waals surface area contributed by atoms with Crippen LogP contribution < -0.4 is 9.80 Å². The molecular formula is C13H14ClN5OS. The molecule has 0 radical (unpaired) electrons.